The summed E-state index contributed by atoms with van der Waals surface area (Å²) in [6, 6.07) is 0. The molecule has 0 saturated carbocycles. The van der Waals surface area contributed by atoms with E-state index >= 15 is 0 Å². The van der Waals surface area contributed by atoms with Crippen LogP contribution in [0.15, 0.2) is 0 Å². The Kier molecular flexibility index (Phi) is 4.96. The normalized spacial score (nSPS) is 12.4. The van der Waals surface area contributed by atoms with E-state index in [4.69, 9.17) is 4.55 Å². The molecule has 3 nitrogen and oxygen atoms in total. The molecule has 9 heavy (non-hydrogen) atoms. The molecule has 0 saturated heterocycles. The van der Waals surface area contributed by atoms with Crippen LogP contribution < -0.4 is 0 Å². The summed E-state index contributed by atoms with van der Waals surface area (Å²) >= 11 is 0. The Morgan fingerprint density at radius 3 is 1.33 bits per heavy atom. The molecule has 0 radical (unpaired) electrons. The zero-order valence-electron chi connectivity index (χ0n) is 5.17. The minimum absolute atomic E-state index is 0. The molecular formula is C3H11NaO3SSi. The van der Waals surface area contributed by atoms with Crippen LogP contribution in [0.1, 0.15) is 0 Å². The van der Waals surface area contributed by atoms with E-state index in [0.717, 1.165) is 0 Å². The third-order valence-corrected chi connectivity index (χ3v) is 6.96. The molecule has 0 aliphatic carbocycles. The molecule has 0 atom stereocenters. The van der Waals surface area contributed by atoms with E-state index in [1.807, 2.05) is 0 Å². The van der Waals surface area contributed by atoms with Crippen molar-refractivity contribution in [2.75, 3.05) is 0 Å². The second-order valence-corrected chi connectivity index (χ2v) is 13.0. The van der Waals surface area contributed by atoms with Crippen LogP contribution >= 0.6 is 0 Å². The van der Waals surface area contributed by atoms with Gasteiger partial charge in [-0.2, -0.15) is 0 Å². The minimum atomic E-state index is -3.70. The van der Waals surface area contributed by atoms with Crippen LogP contribution in [-0.2, 0) is 9.57 Å². The van der Waals surface area contributed by atoms with Crippen LogP contribution in [0.3, 0.4) is 0 Å². The molecule has 0 aliphatic rings. The molecule has 0 aliphatic heterocycles. The first-order chi connectivity index (χ1) is 3.25. The summed E-state index contributed by atoms with van der Waals surface area (Å²) in [6.45, 7) is 4.72. The van der Waals surface area contributed by atoms with E-state index in [1.54, 1.807) is 19.6 Å². The molecule has 0 spiro atoms. The fourth-order valence-corrected chi connectivity index (χ4v) is 0. The molecule has 0 heterocycles. The van der Waals surface area contributed by atoms with Crippen molar-refractivity contribution >= 4 is 46.3 Å². The summed E-state index contributed by atoms with van der Waals surface area (Å²) in [7, 11) is -6.03. The van der Waals surface area contributed by atoms with Crippen LogP contribution in [0.2, 0.25) is 19.6 Å². The van der Waals surface area contributed by atoms with Crippen molar-refractivity contribution in [3.8, 4) is 0 Å². The Morgan fingerprint density at radius 2 is 1.33 bits per heavy atom. The molecule has 0 amide bonds. The molecule has 0 aromatic rings. The van der Waals surface area contributed by atoms with Crippen molar-refractivity contribution in [3.63, 3.8) is 0 Å². The summed E-state index contributed by atoms with van der Waals surface area (Å²) in [5, 5.41) is 0. The molecule has 52 valence electrons. The van der Waals surface area contributed by atoms with Crippen LogP contribution in [0.4, 0.5) is 0 Å². The zero-order chi connectivity index (χ0) is 7.00. The van der Waals surface area contributed by atoms with E-state index in [2.05, 4.69) is 0 Å². The Bertz CT molecular complexity index is 168. The van der Waals surface area contributed by atoms with E-state index < -0.39 is 16.8 Å². The van der Waals surface area contributed by atoms with Gasteiger partial charge in [0.15, 0.2) is 0 Å². The topological polar surface area (TPSA) is 54.4 Å². The molecule has 1 N–H and O–H groups in total. The van der Waals surface area contributed by atoms with E-state index in [0.29, 0.717) is 0 Å². The fourth-order valence-electron chi connectivity index (χ4n) is 0. The van der Waals surface area contributed by atoms with Crippen molar-refractivity contribution in [1.82, 2.24) is 0 Å². The van der Waals surface area contributed by atoms with E-state index in [9.17, 15) is 8.42 Å². The zero-order valence-corrected chi connectivity index (χ0v) is 6.99. The Balaban J connectivity index is 0. The van der Waals surface area contributed by atoms with Gasteiger partial charge in [-0.3, -0.25) is 4.55 Å². The number of rotatable bonds is 1. The van der Waals surface area contributed by atoms with Gasteiger partial charge in [-0.1, -0.05) is 19.6 Å². The SMILES string of the molecule is C[Si](C)(C)S(=O)(=O)O.[NaH]. The number of hydrogen-bond acceptors (Lipinski definition) is 2. The molecule has 0 unspecified atom stereocenters. The van der Waals surface area contributed by atoms with Crippen LogP contribution in [0.25, 0.3) is 0 Å². The summed E-state index contributed by atoms with van der Waals surface area (Å²) in [5.74, 6) is 0. The van der Waals surface area contributed by atoms with Crippen molar-refractivity contribution in [1.29, 1.82) is 0 Å². The van der Waals surface area contributed by atoms with Crippen molar-refractivity contribution in [2.24, 2.45) is 0 Å². The quantitative estimate of drug-likeness (QED) is 0.456. The predicted molar refractivity (Wildman–Crippen MR) is 42.0 cm³/mol. The van der Waals surface area contributed by atoms with Crippen LogP contribution in [-0.4, -0.2) is 49.8 Å². The van der Waals surface area contributed by atoms with Gasteiger partial charge < -0.3 is 0 Å². The molecule has 0 aromatic carbocycles. The first kappa shape index (κ1) is 12.8. The summed E-state index contributed by atoms with van der Waals surface area (Å²) in [6.07, 6.45) is 0. The van der Waals surface area contributed by atoms with Crippen LogP contribution in [0.5, 0.6) is 0 Å². The van der Waals surface area contributed by atoms with Crippen molar-refractivity contribution < 1.29 is 13.0 Å². The molecule has 0 aromatic heterocycles. The van der Waals surface area contributed by atoms with E-state index in [1.165, 1.54) is 0 Å². The third kappa shape index (κ3) is 4.52. The third-order valence-electron chi connectivity index (χ3n) is 0.774. The van der Waals surface area contributed by atoms with Crippen LogP contribution in [0, 0.1) is 0 Å². The average molecular weight is 178 g/mol. The van der Waals surface area contributed by atoms with Gasteiger partial charge in [0.25, 0.3) is 0 Å². The second-order valence-electron chi connectivity index (χ2n) is 2.59. The van der Waals surface area contributed by atoms with Gasteiger partial charge in [-0.25, -0.2) is 8.42 Å². The first-order valence-electron chi connectivity index (χ1n) is 2.22. The van der Waals surface area contributed by atoms with Gasteiger partial charge in [0.2, 0.25) is 16.8 Å². The maximum absolute atomic E-state index is 10.3. The maximum atomic E-state index is 10.3. The van der Waals surface area contributed by atoms with Gasteiger partial charge in [-0.15, -0.1) is 0 Å². The van der Waals surface area contributed by atoms with E-state index in [-0.39, 0.29) is 29.6 Å². The van der Waals surface area contributed by atoms with Gasteiger partial charge in [0.1, 0.15) is 0 Å². The average Bonchev–Trinajstić information content (AvgIpc) is 1.25. The molecule has 0 rings (SSSR count). The first-order valence-corrected chi connectivity index (χ1v) is 7.88. The summed E-state index contributed by atoms with van der Waals surface area (Å²) < 4.78 is 28.9. The van der Waals surface area contributed by atoms with Gasteiger partial charge in [0, 0.05) is 0 Å². The fraction of sp³-hybridized carbons (Fsp3) is 1.00. The van der Waals surface area contributed by atoms with Gasteiger partial charge in [0.05, 0.1) is 0 Å². The molecule has 0 fully saturated rings. The Labute approximate surface area is 78.5 Å². The van der Waals surface area contributed by atoms with Gasteiger partial charge >= 0.3 is 29.6 Å². The monoisotopic (exact) mass is 178 g/mol. The molecular weight excluding hydrogens is 167 g/mol. The number of hydrogen-bond donors (Lipinski definition) is 1. The van der Waals surface area contributed by atoms with Crippen molar-refractivity contribution in [2.45, 2.75) is 19.6 Å². The van der Waals surface area contributed by atoms with Crippen molar-refractivity contribution in [3.05, 3.63) is 0 Å². The predicted octanol–water partition coefficient (Wildman–Crippen LogP) is 0.0606. The molecule has 6 heteroatoms. The summed E-state index contributed by atoms with van der Waals surface area (Å²) in [4.78, 5) is 0. The Hall–Kier alpha value is 1.13. The van der Waals surface area contributed by atoms with Gasteiger partial charge in [-0.05, 0) is 0 Å². The summed E-state index contributed by atoms with van der Waals surface area (Å²) in [5.41, 5.74) is 0. The second kappa shape index (κ2) is 3.50. The Morgan fingerprint density at radius 1 is 1.22 bits per heavy atom. The standard InChI is InChI=1S/C3H10O3SSi.Na.H/c1-8(2,3)7(4,5)6;;/h1-3H3,(H,4,5,6);;. The molecule has 0 bridgehead atoms.